The van der Waals surface area contributed by atoms with E-state index in [-0.39, 0.29) is 28.3 Å². The van der Waals surface area contributed by atoms with Crippen molar-refractivity contribution in [1.82, 2.24) is 34.6 Å². The highest BCUT2D eigenvalue weighted by molar-refractivity contribution is 5.77. The third-order valence-corrected chi connectivity index (χ3v) is 8.06. The fourth-order valence-electron chi connectivity index (χ4n) is 6.37. The van der Waals surface area contributed by atoms with Gasteiger partial charge < -0.3 is 14.3 Å². The maximum absolute atomic E-state index is 12.9. The van der Waals surface area contributed by atoms with Crippen molar-refractivity contribution in [3.63, 3.8) is 0 Å². The van der Waals surface area contributed by atoms with Gasteiger partial charge in [-0.3, -0.25) is 4.90 Å². The average molecular weight is 494 g/mol. The molecular weight excluding hydrogens is 463 g/mol. The Morgan fingerprint density at radius 1 is 1.06 bits per heavy atom. The number of hydrogen-bond acceptors (Lipinski definition) is 6. The maximum atomic E-state index is 12.9. The van der Waals surface area contributed by atoms with Crippen LogP contribution in [-0.2, 0) is 18.1 Å². The van der Waals surface area contributed by atoms with E-state index in [0.717, 1.165) is 63.2 Å². The van der Waals surface area contributed by atoms with Crippen molar-refractivity contribution in [1.29, 1.82) is 0 Å². The number of urea groups is 1. The van der Waals surface area contributed by atoms with E-state index in [9.17, 15) is 18.0 Å². The predicted octanol–water partition coefficient (Wildman–Crippen LogP) is 3.16. The van der Waals surface area contributed by atoms with Crippen molar-refractivity contribution in [3.8, 4) is 0 Å². The second kappa shape index (κ2) is 7.21. The highest BCUT2D eigenvalue weighted by Crippen LogP contribution is 2.54. The van der Waals surface area contributed by atoms with Gasteiger partial charge in [0.05, 0.1) is 6.04 Å². The Bertz CT molecular complexity index is 1120. The van der Waals surface area contributed by atoms with Gasteiger partial charge in [-0.05, 0) is 18.3 Å². The number of hydrogen-bond donors (Lipinski definition) is 0. The van der Waals surface area contributed by atoms with Gasteiger partial charge in [0.15, 0.2) is 0 Å². The molecule has 3 saturated heterocycles. The molecule has 0 bridgehead atoms. The van der Waals surface area contributed by atoms with E-state index in [0.29, 0.717) is 13.1 Å². The molecular formula is C23H30F3N7O2. The minimum Gasteiger partial charge on any atom is -0.364 e. The van der Waals surface area contributed by atoms with Crippen LogP contribution >= 0.6 is 0 Å². The molecule has 2 aromatic heterocycles. The van der Waals surface area contributed by atoms with Crippen molar-refractivity contribution in [2.45, 2.75) is 57.8 Å². The lowest BCUT2D eigenvalue weighted by Crippen LogP contribution is -2.75. The fraction of sp³-hybridized carbons (Fsp3) is 0.739. The van der Waals surface area contributed by atoms with Gasteiger partial charge in [0.1, 0.15) is 18.3 Å². The number of likely N-dealkylation sites (tertiary alicyclic amines) is 3. The molecule has 1 saturated carbocycles. The van der Waals surface area contributed by atoms with Crippen molar-refractivity contribution in [3.05, 3.63) is 29.7 Å². The molecule has 1 aliphatic carbocycles. The molecule has 2 aromatic rings. The van der Waals surface area contributed by atoms with E-state index in [1.165, 1.54) is 4.68 Å². The lowest BCUT2D eigenvalue weighted by molar-refractivity contribution is -0.145. The van der Waals surface area contributed by atoms with Crippen molar-refractivity contribution in [2.75, 3.05) is 39.3 Å². The molecule has 0 radical (unpaired) electrons. The Labute approximate surface area is 201 Å². The normalized spacial score (nSPS) is 23.7. The average Bonchev–Trinajstić information content (AvgIpc) is 3.28. The zero-order valence-corrected chi connectivity index (χ0v) is 20.2. The van der Waals surface area contributed by atoms with Gasteiger partial charge in [-0.2, -0.15) is 13.2 Å². The molecule has 9 nitrogen and oxygen atoms in total. The van der Waals surface area contributed by atoms with E-state index in [1.54, 1.807) is 6.26 Å². The molecule has 0 unspecified atom stereocenters. The zero-order chi connectivity index (χ0) is 24.8. The number of carbonyl (C=O) groups is 1. The monoisotopic (exact) mass is 493 g/mol. The fourth-order valence-corrected chi connectivity index (χ4v) is 6.37. The Morgan fingerprint density at radius 2 is 1.69 bits per heavy atom. The Morgan fingerprint density at radius 3 is 2.26 bits per heavy atom. The SMILES string of the molecule is CC(C)(C)c1conc1CN1CC2(C1)CN(C(=O)N1CC3(CC(n4cnc(C(F)(F)F)n4)C3)C1)C2. The van der Waals surface area contributed by atoms with Crippen molar-refractivity contribution < 1.29 is 22.5 Å². The summed E-state index contributed by atoms with van der Waals surface area (Å²) in [5.74, 6) is -1.10. The van der Waals surface area contributed by atoms with Gasteiger partial charge in [0, 0.05) is 62.2 Å². The van der Waals surface area contributed by atoms with Crippen LogP contribution in [0.1, 0.15) is 56.7 Å². The standard InChI is InChI=1S/C23H30F3N7O2/c1-20(2,3)16-7-35-29-17(16)6-30-8-22(9-30)12-32(13-22)19(34)31-10-21(11-31)4-15(5-21)33-14-27-18(28-33)23(24,25)26/h7,14-15H,4-6,8-13H2,1-3H3. The molecule has 3 aliphatic heterocycles. The highest BCUT2D eigenvalue weighted by atomic mass is 19.4. The van der Waals surface area contributed by atoms with Crippen LogP contribution in [0.15, 0.2) is 17.1 Å². The molecule has 35 heavy (non-hydrogen) atoms. The topological polar surface area (TPSA) is 83.5 Å². The molecule has 0 aromatic carbocycles. The van der Waals surface area contributed by atoms with Crippen LogP contribution in [0.25, 0.3) is 0 Å². The number of halogens is 3. The van der Waals surface area contributed by atoms with Gasteiger partial charge in [-0.15, -0.1) is 5.10 Å². The van der Waals surface area contributed by atoms with Crippen molar-refractivity contribution >= 4 is 6.03 Å². The third-order valence-electron chi connectivity index (χ3n) is 8.06. The van der Waals surface area contributed by atoms with E-state index >= 15 is 0 Å². The summed E-state index contributed by atoms with van der Waals surface area (Å²) in [6.45, 7) is 12.0. The second-order valence-electron chi connectivity index (χ2n) is 12.2. The summed E-state index contributed by atoms with van der Waals surface area (Å²) in [4.78, 5) is 22.4. The van der Waals surface area contributed by atoms with E-state index in [4.69, 9.17) is 4.52 Å². The van der Waals surface area contributed by atoms with Crippen LogP contribution < -0.4 is 0 Å². The number of nitrogens with zero attached hydrogens (tertiary/aromatic N) is 7. The van der Waals surface area contributed by atoms with Crippen LogP contribution in [0.3, 0.4) is 0 Å². The third kappa shape index (κ3) is 3.80. The Hall–Kier alpha value is -2.63. The van der Waals surface area contributed by atoms with Gasteiger partial charge in [0.2, 0.25) is 0 Å². The maximum Gasteiger partial charge on any atom is 0.453 e. The van der Waals surface area contributed by atoms with E-state index in [2.05, 4.69) is 40.9 Å². The summed E-state index contributed by atoms with van der Waals surface area (Å²) in [6, 6.07) is 0.00221. The molecule has 190 valence electrons. The molecule has 0 N–H and O–H groups in total. The van der Waals surface area contributed by atoms with Crippen LogP contribution in [-0.4, -0.2) is 79.9 Å². The summed E-state index contributed by atoms with van der Waals surface area (Å²) in [5, 5.41) is 7.79. The number of rotatable bonds is 3. The molecule has 6 rings (SSSR count). The summed E-state index contributed by atoms with van der Waals surface area (Å²) < 4.78 is 44.7. The van der Waals surface area contributed by atoms with Gasteiger partial charge >= 0.3 is 12.2 Å². The second-order valence-corrected chi connectivity index (χ2v) is 12.2. The molecule has 4 aliphatic rings. The van der Waals surface area contributed by atoms with Gasteiger partial charge in [-0.25, -0.2) is 14.5 Å². The summed E-state index contributed by atoms with van der Waals surface area (Å²) in [6.07, 6.45) is -0.159. The summed E-state index contributed by atoms with van der Waals surface area (Å²) in [5.41, 5.74) is 2.33. The minimum atomic E-state index is -4.52. The summed E-state index contributed by atoms with van der Waals surface area (Å²) in [7, 11) is 0. The molecule has 4 fully saturated rings. The lowest BCUT2D eigenvalue weighted by atomic mass is 9.60. The molecule has 5 heterocycles. The van der Waals surface area contributed by atoms with E-state index in [1.807, 2.05) is 9.80 Å². The Kier molecular flexibility index (Phi) is 4.70. The van der Waals surface area contributed by atoms with E-state index < -0.39 is 12.0 Å². The molecule has 2 amide bonds. The first-order chi connectivity index (χ1) is 16.3. The van der Waals surface area contributed by atoms with Crippen LogP contribution in [0, 0.1) is 10.8 Å². The van der Waals surface area contributed by atoms with Crippen molar-refractivity contribution in [2.24, 2.45) is 10.8 Å². The number of carbonyl (C=O) groups excluding carboxylic acids is 1. The minimum absolute atomic E-state index is 0.00605. The Balaban J connectivity index is 0.939. The van der Waals surface area contributed by atoms with Crippen LogP contribution in [0.5, 0.6) is 0 Å². The quantitative estimate of drug-likeness (QED) is 0.653. The van der Waals surface area contributed by atoms with Gasteiger partial charge in [-0.1, -0.05) is 25.9 Å². The molecule has 2 spiro atoms. The number of amides is 2. The largest absolute Gasteiger partial charge is 0.453 e. The molecule has 0 atom stereocenters. The predicted molar refractivity (Wildman–Crippen MR) is 117 cm³/mol. The smallest absolute Gasteiger partial charge is 0.364 e. The van der Waals surface area contributed by atoms with Crippen LogP contribution in [0.2, 0.25) is 0 Å². The first kappa shape index (κ1) is 22.8. The first-order valence-corrected chi connectivity index (χ1v) is 12.0. The number of aromatic nitrogens is 4. The zero-order valence-electron chi connectivity index (χ0n) is 20.2. The van der Waals surface area contributed by atoms with Crippen LogP contribution in [0.4, 0.5) is 18.0 Å². The highest BCUT2D eigenvalue weighted by Gasteiger charge is 2.58. The first-order valence-electron chi connectivity index (χ1n) is 12.0. The van der Waals surface area contributed by atoms with Gasteiger partial charge in [0.25, 0.3) is 5.82 Å². The molecule has 12 heteroatoms. The number of alkyl halides is 3. The lowest BCUT2D eigenvalue weighted by Gasteiger charge is -2.63. The summed E-state index contributed by atoms with van der Waals surface area (Å²) >= 11 is 0.